The summed E-state index contributed by atoms with van der Waals surface area (Å²) < 4.78 is 0. The minimum Gasteiger partial charge on any atom is -0.478 e. The van der Waals surface area contributed by atoms with Gasteiger partial charge in [-0.3, -0.25) is 0 Å². The molecule has 0 aliphatic rings. The van der Waals surface area contributed by atoms with Crippen molar-refractivity contribution in [3.05, 3.63) is 24.3 Å². The number of aliphatic carboxylic acids is 4. The van der Waals surface area contributed by atoms with E-state index >= 15 is 0 Å². The van der Waals surface area contributed by atoms with Crippen LogP contribution in [0.1, 0.15) is 13.8 Å². The van der Waals surface area contributed by atoms with Gasteiger partial charge in [0.05, 0.1) is 13.2 Å². The van der Waals surface area contributed by atoms with Gasteiger partial charge in [0.15, 0.2) is 0 Å². The number of hydrogen-bond acceptors (Lipinski definition) is 7. The minimum atomic E-state index is -1.26. The Morgan fingerprint density at radius 1 is 0.652 bits per heavy atom. The molecule has 0 unspecified atom stereocenters. The molecule has 0 amide bonds. The molecule has 0 aromatic heterocycles. The molecule has 132 valence electrons. The Morgan fingerprint density at radius 3 is 1.00 bits per heavy atom. The lowest BCUT2D eigenvalue weighted by atomic mass is 10.5. The quantitative estimate of drug-likeness (QED) is 0.207. The molecule has 0 fully saturated rings. The summed E-state index contributed by atoms with van der Waals surface area (Å²) >= 11 is 0. The molecular weight excluding hydrogens is 320 g/mol. The van der Waals surface area contributed by atoms with Gasteiger partial charge in [-0.2, -0.15) is 0 Å². The smallest absolute Gasteiger partial charge is 0.328 e. The van der Waals surface area contributed by atoms with Crippen LogP contribution in [0.15, 0.2) is 24.3 Å². The fraction of sp³-hybridized carbons (Fsp3) is 0.333. The van der Waals surface area contributed by atoms with Crippen LogP contribution < -0.4 is 0 Å². The van der Waals surface area contributed by atoms with Crippen molar-refractivity contribution in [1.82, 2.24) is 0 Å². The standard InChI is InChI=1S/2C4H4O4.C4H10O3/c2*5-3(6)1-2-4(7)8;1-3-5-7-6-4-2/h2*1-2H,(H,5,6)(H,7,8);3-4H2,1-2H3/b2*2-1-;. The molecule has 0 heterocycles. The van der Waals surface area contributed by atoms with Crippen LogP contribution in [0.4, 0.5) is 0 Å². The predicted molar refractivity (Wildman–Crippen MR) is 73.2 cm³/mol. The molecule has 0 atom stereocenters. The molecule has 4 N–H and O–H groups in total. The highest BCUT2D eigenvalue weighted by atomic mass is 17.5. The third-order valence-corrected chi connectivity index (χ3v) is 1.07. The van der Waals surface area contributed by atoms with Crippen molar-refractivity contribution in [3.8, 4) is 0 Å². The lowest BCUT2D eigenvalue weighted by molar-refractivity contribution is -0.509. The Labute approximate surface area is 130 Å². The molecule has 11 heteroatoms. The van der Waals surface area contributed by atoms with Crippen LogP contribution >= 0.6 is 0 Å². The molecule has 0 aromatic rings. The van der Waals surface area contributed by atoms with Crippen LogP contribution in [-0.4, -0.2) is 57.5 Å². The topological polar surface area (TPSA) is 177 Å². The normalized spacial score (nSPS) is 9.48. The Kier molecular flexibility index (Phi) is 21.1. The Balaban J connectivity index is -0.000000262. The average molecular weight is 338 g/mol. The monoisotopic (exact) mass is 338 g/mol. The molecular formula is C12H18O11. The van der Waals surface area contributed by atoms with Crippen LogP contribution in [0.25, 0.3) is 0 Å². The molecule has 0 aliphatic carbocycles. The van der Waals surface area contributed by atoms with E-state index in [0.717, 1.165) is 0 Å². The Bertz CT molecular complexity index is 341. The van der Waals surface area contributed by atoms with Crippen LogP contribution in [0.2, 0.25) is 0 Å². The van der Waals surface area contributed by atoms with Crippen molar-refractivity contribution in [3.63, 3.8) is 0 Å². The number of rotatable bonds is 8. The van der Waals surface area contributed by atoms with Crippen molar-refractivity contribution in [2.24, 2.45) is 0 Å². The third-order valence-electron chi connectivity index (χ3n) is 1.07. The summed E-state index contributed by atoms with van der Waals surface area (Å²) in [6.07, 6.45) is 2.23. The van der Waals surface area contributed by atoms with Gasteiger partial charge in [0.2, 0.25) is 0 Å². The van der Waals surface area contributed by atoms with Gasteiger partial charge in [-0.15, -0.1) is 0 Å². The molecule has 0 rings (SSSR count). The van der Waals surface area contributed by atoms with Gasteiger partial charge >= 0.3 is 23.9 Å². The van der Waals surface area contributed by atoms with Gasteiger partial charge in [-0.25, -0.2) is 29.0 Å². The highest BCUT2D eigenvalue weighted by Gasteiger charge is 1.88. The molecule has 0 aliphatic heterocycles. The minimum absolute atomic E-state index is 0.514. The summed E-state index contributed by atoms with van der Waals surface area (Å²) in [5, 5.41) is 35.4. The van der Waals surface area contributed by atoms with Gasteiger partial charge in [-0.1, -0.05) is 5.04 Å². The fourth-order valence-corrected chi connectivity index (χ4v) is 0.415. The molecule has 0 aromatic carbocycles. The van der Waals surface area contributed by atoms with Gasteiger partial charge in [0.25, 0.3) is 0 Å². The zero-order chi connectivity index (χ0) is 18.7. The lowest BCUT2D eigenvalue weighted by Crippen LogP contribution is -1.94. The van der Waals surface area contributed by atoms with Crippen LogP contribution in [0, 0.1) is 0 Å². The summed E-state index contributed by atoms with van der Waals surface area (Å²) in [6.45, 7) is 4.66. The number of hydrogen-bond donors (Lipinski definition) is 4. The van der Waals surface area contributed by atoms with Crippen LogP contribution in [-0.2, 0) is 34.0 Å². The lowest BCUT2D eigenvalue weighted by Gasteiger charge is -1.94. The summed E-state index contributed by atoms with van der Waals surface area (Å²) in [7, 11) is 0. The first-order valence-corrected chi connectivity index (χ1v) is 5.86. The van der Waals surface area contributed by atoms with E-state index in [-0.39, 0.29) is 0 Å². The van der Waals surface area contributed by atoms with E-state index in [0.29, 0.717) is 37.5 Å². The van der Waals surface area contributed by atoms with Gasteiger partial charge in [-0.05, 0) is 13.8 Å². The second-order valence-corrected chi connectivity index (χ2v) is 2.90. The van der Waals surface area contributed by atoms with E-state index in [1.807, 2.05) is 13.8 Å². The molecule has 0 radical (unpaired) electrons. The van der Waals surface area contributed by atoms with E-state index in [9.17, 15) is 19.2 Å². The van der Waals surface area contributed by atoms with Crippen LogP contribution in [0.5, 0.6) is 0 Å². The third kappa shape index (κ3) is 45.3. The van der Waals surface area contributed by atoms with Crippen molar-refractivity contribution < 1.29 is 54.4 Å². The van der Waals surface area contributed by atoms with Crippen molar-refractivity contribution in [2.75, 3.05) is 13.2 Å². The second kappa shape index (κ2) is 19.2. The Morgan fingerprint density at radius 2 is 0.870 bits per heavy atom. The molecule has 11 nitrogen and oxygen atoms in total. The summed E-state index contributed by atoms with van der Waals surface area (Å²) in [6, 6.07) is 0. The van der Waals surface area contributed by atoms with Gasteiger partial charge < -0.3 is 20.4 Å². The highest BCUT2D eigenvalue weighted by Crippen LogP contribution is 1.77. The molecule has 0 saturated carbocycles. The SMILES string of the molecule is CCOOOCC.O=C(O)/C=C\C(=O)O.O=C(O)/C=C\C(=O)O. The van der Waals surface area contributed by atoms with E-state index in [1.54, 1.807) is 0 Å². The zero-order valence-corrected chi connectivity index (χ0v) is 12.4. The highest BCUT2D eigenvalue weighted by molar-refractivity contribution is 5.90. The van der Waals surface area contributed by atoms with E-state index in [1.165, 1.54) is 0 Å². The number of carboxylic acid groups (broad SMARTS) is 4. The fourth-order valence-electron chi connectivity index (χ4n) is 0.415. The number of carboxylic acids is 4. The van der Waals surface area contributed by atoms with Crippen molar-refractivity contribution in [1.29, 1.82) is 0 Å². The van der Waals surface area contributed by atoms with Crippen LogP contribution in [0.3, 0.4) is 0 Å². The Hall–Kier alpha value is -2.76. The first kappa shape index (κ1) is 25.2. The summed E-state index contributed by atoms with van der Waals surface area (Å²) in [5.74, 6) is -5.03. The average Bonchev–Trinajstić information content (AvgIpc) is 2.45. The molecule has 23 heavy (non-hydrogen) atoms. The van der Waals surface area contributed by atoms with Gasteiger partial charge in [0, 0.05) is 24.3 Å². The van der Waals surface area contributed by atoms with E-state index < -0.39 is 23.9 Å². The summed E-state index contributed by atoms with van der Waals surface area (Å²) in [4.78, 5) is 46.9. The van der Waals surface area contributed by atoms with Crippen molar-refractivity contribution >= 4 is 23.9 Å². The zero-order valence-electron chi connectivity index (χ0n) is 12.4. The molecule has 0 spiro atoms. The summed E-state index contributed by atoms with van der Waals surface area (Å²) in [5.41, 5.74) is 0. The van der Waals surface area contributed by atoms with E-state index in [2.05, 4.69) is 14.8 Å². The maximum Gasteiger partial charge on any atom is 0.328 e. The first-order chi connectivity index (χ1) is 10.7. The predicted octanol–water partition coefficient (Wildman–Crippen LogP) is 0.330. The number of carbonyl (C=O) groups is 4. The molecule has 0 bridgehead atoms. The first-order valence-electron chi connectivity index (χ1n) is 5.86. The largest absolute Gasteiger partial charge is 0.478 e. The van der Waals surface area contributed by atoms with Crippen molar-refractivity contribution in [2.45, 2.75) is 13.8 Å². The second-order valence-electron chi connectivity index (χ2n) is 2.90. The molecule has 0 saturated heterocycles. The maximum atomic E-state index is 9.55. The maximum absolute atomic E-state index is 9.55. The van der Waals surface area contributed by atoms with Gasteiger partial charge in [0.1, 0.15) is 0 Å². The van der Waals surface area contributed by atoms with E-state index in [4.69, 9.17) is 20.4 Å².